The van der Waals surface area contributed by atoms with Gasteiger partial charge in [0.1, 0.15) is 5.75 Å². The second kappa shape index (κ2) is 6.84. The highest BCUT2D eigenvalue weighted by molar-refractivity contribution is 5.98. The van der Waals surface area contributed by atoms with E-state index in [1.54, 1.807) is 18.5 Å². The van der Waals surface area contributed by atoms with Crippen LogP contribution in [0.15, 0.2) is 18.5 Å². The summed E-state index contributed by atoms with van der Waals surface area (Å²) in [5.41, 5.74) is 6.78. The summed E-state index contributed by atoms with van der Waals surface area (Å²) in [7, 11) is 0. The number of carbonyl (C=O) groups excluding carboxylic acids is 1. The summed E-state index contributed by atoms with van der Waals surface area (Å²) < 4.78 is 5.60. The molecule has 4 nitrogen and oxygen atoms in total. The number of aromatic nitrogens is 1. The minimum atomic E-state index is -0.0754. The van der Waals surface area contributed by atoms with Gasteiger partial charge in [0.25, 0.3) is 0 Å². The van der Waals surface area contributed by atoms with Gasteiger partial charge in [-0.15, -0.1) is 0 Å². The van der Waals surface area contributed by atoms with Crippen molar-refractivity contribution in [2.45, 2.75) is 58.1 Å². The molecule has 0 amide bonds. The fraction of sp³-hybridized carbons (Fsp3) is 0.625. The molecule has 2 N–H and O–H groups in total. The van der Waals surface area contributed by atoms with Crippen LogP contribution in [0.4, 0.5) is 0 Å². The molecule has 1 aromatic rings. The van der Waals surface area contributed by atoms with Crippen LogP contribution in [0.2, 0.25) is 0 Å². The molecule has 1 aromatic heterocycles. The van der Waals surface area contributed by atoms with Crippen molar-refractivity contribution in [2.75, 3.05) is 0 Å². The van der Waals surface area contributed by atoms with Crippen molar-refractivity contribution in [3.8, 4) is 5.75 Å². The smallest absolute Gasteiger partial charge is 0.169 e. The molecule has 2 rings (SSSR count). The Hall–Kier alpha value is -1.42. The maximum absolute atomic E-state index is 12.6. The van der Waals surface area contributed by atoms with Crippen molar-refractivity contribution in [1.82, 2.24) is 4.98 Å². The lowest BCUT2D eigenvalue weighted by atomic mass is 9.88. The zero-order chi connectivity index (χ0) is 14.5. The first-order valence-corrected chi connectivity index (χ1v) is 7.49. The van der Waals surface area contributed by atoms with Crippen LogP contribution >= 0.6 is 0 Å². The summed E-state index contributed by atoms with van der Waals surface area (Å²) in [6, 6.07) is 1.76. The molecular weight excluding hydrogens is 252 g/mol. The summed E-state index contributed by atoms with van der Waals surface area (Å²) in [6.07, 6.45) is 8.53. The molecule has 0 aromatic carbocycles. The molecule has 4 heteroatoms. The molecule has 0 radical (unpaired) electrons. The van der Waals surface area contributed by atoms with E-state index in [4.69, 9.17) is 10.5 Å². The zero-order valence-electron chi connectivity index (χ0n) is 12.3. The van der Waals surface area contributed by atoms with Crippen LogP contribution < -0.4 is 10.5 Å². The van der Waals surface area contributed by atoms with Crippen LogP contribution in [-0.4, -0.2) is 22.9 Å². The van der Waals surface area contributed by atoms with E-state index < -0.39 is 0 Å². The van der Waals surface area contributed by atoms with Gasteiger partial charge in [-0.25, -0.2) is 0 Å². The van der Waals surface area contributed by atoms with Gasteiger partial charge in [-0.3, -0.25) is 9.78 Å². The predicted octanol–water partition coefficient (Wildman–Crippen LogP) is 2.96. The lowest BCUT2D eigenvalue weighted by Gasteiger charge is -2.20. The van der Waals surface area contributed by atoms with Crippen molar-refractivity contribution in [1.29, 1.82) is 0 Å². The number of nitrogens with two attached hydrogens (primary N) is 1. The number of rotatable bonds is 4. The van der Waals surface area contributed by atoms with Crippen molar-refractivity contribution < 1.29 is 9.53 Å². The molecule has 0 saturated heterocycles. The summed E-state index contributed by atoms with van der Waals surface area (Å²) in [5, 5.41) is 0. The Morgan fingerprint density at radius 2 is 2.05 bits per heavy atom. The van der Waals surface area contributed by atoms with Gasteiger partial charge in [0, 0.05) is 23.7 Å². The highest BCUT2D eigenvalue weighted by Gasteiger charge is 2.28. The lowest BCUT2D eigenvalue weighted by molar-refractivity contribution is 0.0893. The number of carbonyl (C=O) groups is 1. The van der Waals surface area contributed by atoms with Crippen molar-refractivity contribution in [2.24, 2.45) is 11.7 Å². The first-order valence-electron chi connectivity index (χ1n) is 7.49. The van der Waals surface area contributed by atoms with Crippen LogP contribution in [0.1, 0.15) is 56.3 Å². The standard InChI is InChI=1S/C16H24N2O2/c1-11(2)20-13-8-12(9-18-10-13)16(19)14-6-4-3-5-7-15(14)17/h8-11,14-15H,3-7,17H2,1-2H3. The Morgan fingerprint density at radius 1 is 1.30 bits per heavy atom. The van der Waals surface area contributed by atoms with Gasteiger partial charge in [0.2, 0.25) is 0 Å². The quantitative estimate of drug-likeness (QED) is 0.678. The van der Waals surface area contributed by atoms with Crippen molar-refractivity contribution in [3.05, 3.63) is 24.0 Å². The van der Waals surface area contributed by atoms with E-state index in [1.807, 2.05) is 13.8 Å². The molecule has 2 atom stereocenters. The molecule has 0 aliphatic heterocycles. The van der Waals surface area contributed by atoms with E-state index in [0.29, 0.717) is 11.3 Å². The molecule has 1 saturated carbocycles. The molecule has 1 aliphatic rings. The third-order valence-electron chi connectivity index (χ3n) is 3.78. The monoisotopic (exact) mass is 276 g/mol. The van der Waals surface area contributed by atoms with E-state index >= 15 is 0 Å². The Labute approximate surface area is 120 Å². The molecular formula is C16H24N2O2. The molecule has 2 unspecified atom stereocenters. The normalized spacial score (nSPS) is 23.4. The number of ether oxygens (including phenoxy) is 1. The van der Waals surface area contributed by atoms with E-state index in [0.717, 1.165) is 25.7 Å². The Balaban J connectivity index is 2.15. The van der Waals surface area contributed by atoms with Gasteiger partial charge >= 0.3 is 0 Å². The van der Waals surface area contributed by atoms with Gasteiger partial charge in [-0.2, -0.15) is 0 Å². The summed E-state index contributed by atoms with van der Waals surface area (Å²) in [6.45, 7) is 3.91. The van der Waals surface area contributed by atoms with Crippen molar-refractivity contribution in [3.63, 3.8) is 0 Å². The Bertz CT molecular complexity index is 460. The lowest BCUT2D eigenvalue weighted by Crippen LogP contribution is -2.34. The SMILES string of the molecule is CC(C)Oc1cncc(C(=O)C2CCCCCC2N)c1. The van der Waals surface area contributed by atoms with Crippen LogP contribution in [0, 0.1) is 5.92 Å². The van der Waals surface area contributed by atoms with Gasteiger partial charge in [-0.05, 0) is 32.8 Å². The first kappa shape index (κ1) is 15.0. The third kappa shape index (κ3) is 3.79. The first-order chi connectivity index (χ1) is 9.58. The largest absolute Gasteiger partial charge is 0.489 e. The number of pyridine rings is 1. The molecule has 110 valence electrons. The molecule has 20 heavy (non-hydrogen) atoms. The average Bonchev–Trinajstić information content (AvgIpc) is 2.62. The van der Waals surface area contributed by atoms with Gasteiger partial charge < -0.3 is 10.5 Å². The van der Waals surface area contributed by atoms with E-state index in [2.05, 4.69) is 4.98 Å². The van der Waals surface area contributed by atoms with Crippen LogP contribution in [-0.2, 0) is 0 Å². The van der Waals surface area contributed by atoms with E-state index in [9.17, 15) is 4.79 Å². The maximum atomic E-state index is 12.6. The number of hydrogen-bond acceptors (Lipinski definition) is 4. The molecule has 1 heterocycles. The highest BCUT2D eigenvalue weighted by atomic mass is 16.5. The number of hydrogen-bond donors (Lipinski definition) is 1. The van der Waals surface area contributed by atoms with Crippen LogP contribution in [0.25, 0.3) is 0 Å². The minimum absolute atomic E-state index is 0.0281. The molecule has 0 spiro atoms. The van der Waals surface area contributed by atoms with E-state index in [-0.39, 0.29) is 23.8 Å². The third-order valence-corrected chi connectivity index (χ3v) is 3.78. The summed E-state index contributed by atoms with van der Waals surface area (Å²) >= 11 is 0. The fourth-order valence-corrected chi connectivity index (χ4v) is 2.77. The topological polar surface area (TPSA) is 65.2 Å². The zero-order valence-corrected chi connectivity index (χ0v) is 12.3. The second-order valence-corrected chi connectivity index (χ2v) is 5.85. The van der Waals surface area contributed by atoms with Crippen molar-refractivity contribution >= 4 is 5.78 Å². The molecule has 1 fully saturated rings. The number of ketones is 1. The van der Waals surface area contributed by atoms with Gasteiger partial charge in [0.15, 0.2) is 5.78 Å². The van der Waals surface area contributed by atoms with Gasteiger partial charge in [-0.1, -0.05) is 19.3 Å². The minimum Gasteiger partial charge on any atom is -0.489 e. The van der Waals surface area contributed by atoms with Crippen LogP contribution in [0.5, 0.6) is 5.75 Å². The summed E-state index contributed by atoms with van der Waals surface area (Å²) in [4.78, 5) is 16.7. The predicted molar refractivity (Wildman–Crippen MR) is 78.9 cm³/mol. The van der Waals surface area contributed by atoms with Gasteiger partial charge in [0.05, 0.1) is 12.3 Å². The Morgan fingerprint density at radius 3 is 2.80 bits per heavy atom. The maximum Gasteiger partial charge on any atom is 0.169 e. The molecule has 1 aliphatic carbocycles. The van der Waals surface area contributed by atoms with Crippen LogP contribution in [0.3, 0.4) is 0 Å². The average molecular weight is 276 g/mol. The van der Waals surface area contributed by atoms with E-state index in [1.165, 1.54) is 6.42 Å². The Kier molecular flexibility index (Phi) is 5.12. The fourth-order valence-electron chi connectivity index (χ4n) is 2.77. The second-order valence-electron chi connectivity index (χ2n) is 5.85. The summed E-state index contributed by atoms with van der Waals surface area (Å²) in [5.74, 6) is 0.683. The number of Topliss-reactive ketones (excluding diaryl/α,β-unsaturated/α-hetero) is 1. The number of nitrogens with zero attached hydrogens (tertiary/aromatic N) is 1. The highest BCUT2D eigenvalue weighted by Crippen LogP contribution is 2.26. The molecule has 0 bridgehead atoms.